The number of benzene rings is 1. The molecule has 3 aromatic rings. The van der Waals surface area contributed by atoms with Gasteiger partial charge in [0.05, 0.1) is 23.5 Å². The number of hydrogen-bond donors (Lipinski definition) is 1. The predicted octanol–water partition coefficient (Wildman–Crippen LogP) is 6.91. The molecular formula is C22H18Cl4FN3O3S2. The van der Waals surface area contributed by atoms with Crippen LogP contribution >= 0.6 is 57.7 Å². The number of halogens is 5. The van der Waals surface area contributed by atoms with E-state index in [0.717, 1.165) is 41.4 Å². The van der Waals surface area contributed by atoms with Gasteiger partial charge in [0, 0.05) is 28.5 Å². The van der Waals surface area contributed by atoms with Crippen LogP contribution in [0, 0.1) is 0 Å². The van der Waals surface area contributed by atoms with Crippen LogP contribution in [0.5, 0.6) is 0 Å². The van der Waals surface area contributed by atoms with Crippen LogP contribution in [0.2, 0.25) is 19.4 Å². The number of thiophene rings is 1. The Morgan fingerprint density at radius 2 is 1.89 bits per heavy atom. The number of aromatic nitrogens is 2. The van der Waals surface area contributed by atoms with Crippen LogP contribution in [0.1, 0.15) is 42.5 Å². The maximum atomic E-state index is 15.3. The van der Waals surface area contributed by atoms with E-state index in [2.05, 4.69) is 5.10 Å². The van der Waals surface area contributed by atoms with Crippen molar-refractivity contribution in [2.45, 2.75) is 42.9 Å². The minimum Gasteiger partial charge on any atom is -0.274 e. The van der Waals surface area contributed by atoms with Crippen molar-refractivity contribution in [2.75, 3.05) is 0 Å². The monoisotopic (exact) mass is 595 g/mol. The first kappa shape index (κ1) is 26.4. The average molecular weight is 597 g/mol. The fourth-order valence-electron chi connectivity index (χ4n) is 3.81. The summed E-state index contributed by atoms with van der Waals surface area (Å²) in [7, 11) is -4.15. The molecule has 0 aliphatic heterocycles. The molecule has 1 amide bonds. The fourth-order valence-corrected chi connectivity index (χ4v) is 7.17. The molecule has 6 nitrogen and oxygen atoms in total. The van der Waals surface area contributed by atoms with Gasteiger partial charge in [-0.2, -0.15) is 5.10 Å². The van der Waals surface area contributed by atoms with Gasteiger partial charge in [-0.05, 0) is 48.6 Å². The second-order valence-electron chi connectivity index (χ2n) is 7.86. The van der Waals surface area contributed by atoms with Crippen LogP contribution < -0.4 is 4.72 Å². The second-order valence-corrected chi connectivity index (χ2v) is 12.7. The zero-order chi connectivity index (χ0) is 25.3. The number of amides is 1. The molecule has 0 radical (unpaired) electrons. The van der Waals surface area contributed by atoms with E-state index < -0.39 is 21.8 Å². The van der Waals surface area contributed by atoms with Crippen molar-refractivity contribution >= 4 is 79.2 Å². The van der Waals surface area contributed by atoms with Crippen LogP contribution in [-0.4, -0.2) is 24.1 Å². The van der Waals surface area contributed by atoms with E-state index in [1.165, 1.54) is 0 Å². The molecule has 1 N–H and O–H groups in total. The lowest BCUT2D eigenvalue weighted by molar-refractivity contribution is -0.119. The van der Waals surface area contributed by atoms with Crippen molar-refractivity contribution in [1.82, 2.24) is 14.5 Å². The molecule has 186 valence electrons. The first-order valence-corrected chi connectivity index (χ1v) is 14.2. The predicted molar refractivity (Wildman–Crippen MR) is 138 cm³/mol. The Morgan fingerprint density at radius 1 is 1.11 bits per heavy atom. The molecule has 35 heavy (non-hydrogen) atoms. The van der Waals surface area contributed by atoms with Crippen LogP contribution in [0.4, 0.5) is 4.39 Å². The highest BCUT2D eigenvalue weighted by Crippen LogP contribution is 2.36. The van der Waals surface area contributed by atoms with E-state index in [1.807, 2.05) is 4.72 Å². The van der Waals surface area contributed by atoms with Gasteiger partial charge in [-0.3, -0.25) is 9.48 Å². The molecule has 0 saturated carbocycles. The molecule has 4 rings (SSSR count). The third-order valence-corrected chi connectivity index (χ3v) is 9.74. The van der Waals surface area contributed by atoms with Gasteiger partial charge in [0.1, 0.15) is 14.4 Å². The molecular weight excluding hydrogens is 579 g/mol. The van der Waals surface area contributed by atoms with Crippen molar-refractivity contribution in [3.8, 4) is 0 Å². The number of hydrogen-bond acceptors (Lipinski definition) is 5. The van der Waals surface area contributed by atoms with Gasteiger partial charge in [-0.1, -0.05) is 52.5 Å². The van der Waals surface area contributed by atoms with Gasteiger partial charge in [0.25, 0.3) is 10.0 Å². The van der Waals surface area contributed by atoms with Crippen LogP contribution in [0.15, 0.2) is 40.5 Å². The molecule has 0 atom stereocenters. The number of aryl methyl sites for hydroxylation is 1. The summed E-state index contributed by atoms with van der Waals surface area (Å²) in [4.78, 5) is 12.3. The maximum absolute atomic E-state index is 15.3. The molecule has 0 unspecified atom stereocenters. The van der Waals surface area contributed by atoms with Gasteiger partial charge in [-0.15, -0.1) is 11.3 Å². The topological polar surface area (TPSA) is 81.1 Å². The highest BCUT2D eigenvalue weighted by atomic mass is 35.5. The minimum atomic E-state index is -4.15. The molecule has 0 saturated heterocycles. The number of fused-ring (bicyclic) bond motifs is 1. The van der Waals surface area contributed by atoms with Crippen molar-refractivity contribution in [1.29, 1.82) is 0 Å². The number of nitrogens with zero attached hydrogens (tertiary/aromatic N) is 2. The highest BCUT2D eigenvalue weighted by molar-refractivity contribution is 7.92. The van der Waals surface area contributed by atoms with Gasteiger partial charge in [0.15, 0.2) is 0 Å². The summed E-state index contributed by atoms with van der Waals surface area (Å²) in [5.74, 6) is -1.32. The van der Waals surface area contributed by atoms with Crippen LogP contribution in [0.25, 0.3) is 5.57 Å². The van der Waals surface area contributed by atoms with Crippen molar-refractivity contribution in [3.05, 3.63) is 72.5 Å². The molecule has 1 aliphatic rings. The Morgan fingerprint density at radius 3 is 2.57 bits per heavy atom. The third-order valence-electron chi connectivity index (χ3n) is 5.44. The summed E-state index contributed by atoms with van der Waals surface area (Å²) >= 11 is 24.6. The number of allylic oxidation sites excluding steroid dienone is 2. The quantitative estimate of drug-likeness (QED) is 0.321. The lowest BCUT2D eigenvalue weighted by Crippen LogP contribution is -2.29. The van der Waals surface area contributed by atoms with E-state index in [4.69, 9.17) is 46.4 Å². The first-order chi connectivity index (χ1) is 16.5. The number of rotatable bonds is 7. The van der Waals surface area contributed by atoms with E-state index in [9.17, 15) is 13.2 Å². The molecule has 1 aliphatic carbocycles. The Labute approximate surface area is 225 Å². The Kier molecular flexibility index (Phi) is 8.15. The van der Waals surface area contributed by atoms with Crippen LogP contribution in [0.3, 0.4) is 0 Å². The molecule has 0 fully saturated rings. The lowest BCUT2D eigenvalue weighted by atomic mass is 9.91. The van der Waals surface area contributed by atoms with E-state index in [-0.39, 0.29) is 26.4 Å². The molecule has 2 heterocycles. The van der Waals surface area contributed by atoms with E-state index in [0.29, 0.717) is 34.3 Å². The maximum Gasteiger partial charge on any atom is 0.273 e. The first-order valence-electron chi connectivity index (χ1n) is 10.4. The second kappa shape index (κ2) is 10.8. The number of carbonyl (C=O) groups excluding carboxylic acids is 1. The molecule has 0 spiro atoms. The van der Waals surface area contributed by atoms with Gasteiger partial charge < -0.3 is 0 Å². The standard InChI is InChI=1S/C22H18Cl4FN3O3S2/c23-14-5-4-13(16(24)8-14)11-30-21-12(10-28-30)2-1-3-15(21)18(27)6-7-19(31)29-35(32,33)20-9-17(25)22(26)34-20/h4-5,8-10H,1-3,6-7,11H2,(H,29,31)/b18-15-. The van der Waals surface area contributed by atoms with Crippen molar-refractivity contribution < 1.29 is 17.6 Å². The summed E-state index contributed by atoms with van der Waals surface area (Å²) in [6.07, 6.45) is 3.07. The van der Waals surface area contributed by atoms with E-state index in [1.54, 1.807) is 29.1 Å². The fraction of sp³-hybridized carbons (Fsp3) is 0.273. The zero-order valence-corrected chi connectivity index (χ0v) is 22.6. The number of nitrogens with one attached hydrogen (secondary N) is 1. The average Bonchev–Trinajstić information content (AvgIpc) is 3.37. The van der Waals surface area contributed by atoms with Gasteiger partial charge in [-0.25, -0.2) is 17.5 Å². The molecule has 13 heteroatoms. The molecule has 1 aromatic carbocycles. The zero-order valence-electron chi connectivity index (χ0n) is 18.0. The normalized spacial score (nSPS) is 15.1. The summed E-state index contributed by atoms with van der Waals surface area (Å²) in [6, 6.07) is 6.31. The SMILES string of the molecule is O=C(CC/C(F)=C1\CCCc2cnn(Cc3ccc(Cl)cc3Cl)c21)NS(=O)(=O)c1cc(Cl)c(Cl)s1. The Hall–Kier alpha value is -1.62. The summed E-state index contributed by atoms with van der Waals surface area (Å²) in [6.45, 7) is 0.326. The van der Waals surface area contributed by atoms with E-state index >= 15 is 4.39 Å². The van der Waals surface area contributed by atoms with Crippen molar-refractivity contribution in [3.63, 3.8) is 0 Å². The Bertz CT molecular complexity index is 1410. The largest absolute Gasteiger partial charge is 0.274 e. The third kappa shape index (κ3) is 6.03. The van der Waals surface area contributed by atoms with Crippen LogP contribution in [-0.2, 0) is 27.8 Å². The highest BCUT2D eigenvalue weighted by Gasteiger charge is 2.25. The Balaban J connectivity index is 1.50. The summed E-state index contributed by atoms with van der Waals surface area (Å²) in [5, 5.41) is 5.49. The van der Waals surface area contributed by atoms with Crippen molar-refractivity contribution in [2.24, 2.45) is 0 Å². The van der Waals surface area contributed by atoms with Gasteiger partial charge in [0.2, 0.25) is 5.91 Å². The smallest absolute Gasteiger partial charge is 0.273 e. The lowest BCUT2D eigenvalue weighted by Gasteiger charge is -2.19. The number of carbonyl (C=O) groups is 1. The number of sulfonamides is 1. The minimum absolute atomic E-state index is 0.0740. The molecule has 0 bridgehead atoms. The van der Waals surface area contributed by atoms with Gasteiger partial charge >= 0.3 is 0 Å². The summed E-state index contributed by atoms with van der Waals surface area (Å²) < 4.78 is 43.6. The summed E-state index contributed by atoms with van der Waals surface area (Å²) in [5.41, 5.74) is 2.81. The molecule has 2 aromatic heterocycles.